The van der Waals surface area contributed by atoms with Crippen LogP contribution < -0.4 is 4.90 Å². The van der Waals surface area contributed by atoms with Crippen LogP contribution in [-0.2, 0) is 20.8 Å². The van der Waals surface area contributed by atoms with Gasteiger partial charge in [0.05, 0.1) is 12.3 Å². The van der Waals surface area contributed by atoms with Gasteiger partial charge < -0.3 is 4.90 Å². The molecule has 0 spiro atoms. The first-order valence-corrected chi connectivity index (χ1v) is 7.83. The maximum Gasteiger partial charge on any atom is 0.265 e. The first-order valence-electron chi connectivity index (χ1n) is 7.30. The number of aryl methyl sites for hydroxylation is 2. The Balaban J connectivity index is 3.15. The SMILES string of the molecule is CCON(C)C(=O)CN(C(=O)CCl)c1c(C)cccc1CC. The van der Waals surface area contributed by atoms with E-state index in [-0.39, 0.29) is 24.2 Å². The summed E-state index contributed by atoms with van der Waals surface area (Å²) in [4.78, 5) is 31.0. The molecule has 5 nitrogen and oxygen atoms in total. The molecular formula is C16H23ClN2O3. The molecule has 2 amide bonds. The maximum atomic E-state index is 12.2. The quantitative estimate of drug-likeness (QED) is 0.571. The number of para-hydroxylation sites is 1. The molecule has 0 aliphatic carbocycles. The summed E-state index contributed by atoms with van der Waals surface area (Å²) in [7, 11) is 1.54. The molecule has 0 N–H and O–H groups in total. The number of carbonyl (C=O) groups is 2. The number of hydroxylamine groups is 2. The van der Waals surface area contributed by atoms with Crippen molar-refractivity contribution in [2.75, 3.05) is 31.0 Å². The summed E-state index contributed by atoms with van der Waals surface area (Å²) in [6, 6.07) is 5.81. The Bertz CT molecular complexity index is 534. The molecule has 0 aliphatic rings. The van der Waals surface area contributed by atoms with Gasteiger partial charge in [0.25, 0.3) is 5.91 Å². The second kappa shape index (κ2) is 8.76. The van der Waals surface area contributed by atoms with Gasteiger partial charge in [-0.2, -0.15) is 0 Å². The molecule has 0 saturated carbocycles. The van der Waals surface area contributed by atoms with Crippen molar-refractivity contribution in [3.63, 3.8) is 0 Å². The van der Waals surface area contributed by atoms with Gasteiger partial charge in [0.1, 0.15) is 12.4 Å². The fraction of sp³-hybridized carbons (Fsp3) is 0.500. The smallest absolute Gasteiger partial charge is 0.265 e. The number of anilines is 1. The zero-order chi connectivity index (χ0) is 16.7. The number of nitrogens with zero attached hydrogens (tertiary/aromatic N) is 2. The van der Waals surface area contributed by atoms with Crippen LogP contribution in [0.5, 0.6) is 0 Å². The molecule has 122 valence electrons. The summed E-state index contributed by atoms with van der Waals surface area (Å²) in [6.07, 6.45) is 0.762. The van der Waals surface area contributed by atoms with E-state index in [1.54, 1.807) is 6.92 Å². The largest absolute Gasteiger partial charge is 0.301 e. The third-order valence-corrected chi connectivity index (χ3v) is 3.58. The number of hydrogen-bond donors (Lipinski definition) is 0. The zero-order valence-electron chi connectivity index (χ0n) is 13.6. The molecule has 6 heteroatoms. The normalized spacial score (nSPS) is 10.4. The third-order valence-electron chi connectivity index (χ3n) is 3.35. The van der Waals surface area contributed by atoms with Gasteiger partial charge in [-0.15, -0.1) is 11.6 Å². The summed E-state index contributed by atoms with van der Waals surface area (Å²) >= 11 is 5.72. The Morgan fingerprint density at radius 3 is 2.45 bits per heavy atom. The van der Waals surface area contributed by atoms with Crippen molar-refractivity contribution in [2.45, 2.75) is 27.2 Å². The number of benzene rings is 1. The van der Waals surface area contributed by atoms with Crippen LogP contribution in [0.1, 0.15) is 25.0 Å². The van der Waals surface area contributed by atoms with Crippen LogP contribution in [0.3, 0.4) is 0 Å². The highest BCUT2D eigenvalue weighted by molar-refractivity contribution is 6.29. The van der Waals surface area contributed by atoms with E-state index in [1.165, 1.54) is 11.9 Å². The first kappa shape index (κ1) is 18.5. The summed E-state index contributed by atoms with van der Waals surface area (Å²) < 4.78 is 0. The minimum atomic E-state index is -0.302. The molecule has 0 radical (unpaired) electrons. The molecule has 0 atom stereocenters. The predicted molar refractivity (Wildman–Crippen MR) is 88.0 cm³/mol. The van der Waals surface area contributed by atoms with Gasteiger partial charge in [0.2, 0.25) is 5.91 Å². The molecule has 0 bridgehead atoms. The van der Waals surface area contributed by atoms with E-state index in [2.05, 4.69) is 0 Å². The van der Waals surface area contributed by atoms with Crippen molar-refractivity contribution in [3.05, 3.63) is 29.3 Å². The minimum Gasteiger partial charge on any atom is -0.301 e. The summed E-state index contributed by atoms with van der Waals surface area (Å²) in [5, 5.41) is 1.15. The second-order valence-corrected chi connectivity index (χ2v) is 5.13. The van der Waals surface area contributed by atoms with Gasteiger partial charge in [-0.25, -0.2) is 5.06 Å². The zero-order valence-corrected chi connectivity index (χ0v) is 14.3. The summed E-state index contributed by atoms with van der Waals surface area (Å²) in [5.74, 6) is -0.780. The molecule has 0 unspecified atom stereocenters. The van der Waals surface area contributed by atoms with E-state index in [4.69, 9.17) is 16.4 Å². The van der Waals surface area contributed by atoms with Crippen LogP contribution in [0.15, 0.2) is 18.2 Å². The van der Waals surface area contributed by atoms with Gasteiger partial charge in [-0.05, 0) is 31.4 Å². The number of likely N-dealkylation sites (N-methyl/N-ethyl adjacent to an activating group) is 1. The fourth-order valence-corrected chi connectivity index (χ4v) is 2.40. The van der Waals surface area contributed by atoms with E-state index in [0.29, 0.717) is 6.61 Å². The van der Waals surface area contributed by atoms with Gasteiger partial charge in [-0.1, -0.05) is 25.1 Å². The van der Waals surface area contributed by atoms with Gasteiger partial charge in [0, 0.05) is 7.05 Å². The van der Waals surface area contributed by atoms with Crippen LogP contribution in [0, 0.1) is 6.92 Å². The Labute approximate surface area is 136 Å². The molecule has 22 heavy (non-hydrogen) atoms. The lowest BCUT2D eigenvalue weighted by Gasteiger charge is -2.27. The molecule has 0 saturated heterocycles. The van der Waals surface area contributed by atoms with Crippen LogP contribution in [-0.4, -0.2) is 43.0 Å². The van der Waals surface area contributed by atoms with E-state index in [0.717, 1.165) is 28.3 Å². The number of rotatable bonds is 7. The van der Waals surface area contributed by atoms with Crippen molar-refractivity contribution in [3.8, 4) is 0 Å². The highest BCUT2D eigenvalue weighted by Gasteiger charge is 2.24. The monoisotopic (exact) mass is 326 g/mol. The Hall–Kier alpha value is -1.59. The van der Waals surface area contributed by atoms with Gasteiger partial charge in [0.15, 0.2) is 0 Å². The number of carbonyl (C=O) groups excluding carboxylic acids is 2. The van der Waals surface area contributed by atoms with Gasteiger partial charge in [-0.3, -0.25) is 14.4 Å². The van der Waals surface area contributed by atoms with Crippen molar-refractivity contribution >= 4 is 29.1 Å². The molecule has 0 aliphatic heterocycles. The topological polar surface area (TPSA) is 49.9 Å². The number of halogens is 1. The molecule has 0 fully saturated rings. The highest BCUT2D eigenvalue weighted by Crippen LogP contribution is 2.26. The van der Waals surface area contributed by atoms with Crippen LogP contribution in [0.4, 0.5) is 5.69 Å². The molecule has 0 heterocycles. The summed E-state index contributed by atoms with van der Waals surface area (Å²) in [5.41, 5.74) is 2.70. The van der Waals surface area contributed by atoms with E-state index in [1.807, 2.05) is 32.0 Å². The second-order valence-electron chi connectivity index (χ2n) is 4.86. The molecular weight excluding hydrogens is 304 g/mol. The van der Waals surface area contributed by atoms with E-state index >= 15 is 0 Å². The third kappa shape index (κ3) is 4.45. The first-order chi connectivity index (χ1) is 10.5. The lowest BCUT2D eigenvalue weighted by atomic mass is 10.0. The summed E-state index contributed by atoms with van der Waals surface area (Å²) in [6.45, 7) is 6.01. The lowest BCUT2D eigenvalue weighted by molar-refractivity contribution is -0.175. The lowest BCUT2D eigenvalue weighted by Crippen LogP contribution is -2.43. The van der Waals surface area contributed by atoms with Crippen molar-refractivity contribution in [1.29, 1.82) is 0 Å². The van der Waals surface area contributed by atoms with Crippen LogP contribution >= 0.6 is 11.6 Å². The Kier molecular flexibility index (Phi) is 7.35. The maximum absolute atomic E-state index is 12.2. The highest BCUT2D eigenvalue weighted by atomic mass is 35.5. The molecule has 0 aromatic heterocycles. The average molecular weight is 327 g/mol. The van der Waals surface area contributed by atoms with Crippen molar-refractivity contribution in [2.24, 2.45) is 0 Å². The minimum absolute atomic E-state index is 0.0973. The Morgan fingerprint density at radius 1 is 1.23 bits per heavy atom. The van der Waals surface area contributed by atoms with Crippen molar-refractivity contribution < 1.29 is 14.4 Å². The molecule has 1 rings (SSSR count). The number of amides is 2. The molecule has 1 aromatic rings. The predicted octanol–water partition coefficient (Wildman–Crippen LogP) is 2.54. The molecule has 1 aromatic carbocycles. The standard InChI is InChI=1S/C16H23ClN2O3/c1-5-13-9-7-8-12(3)16(13)19(14(20)10-17)11-15(21)18(4)22-6-2/h7-9H,5-6,10-11H2,1-4H3. The van der Waals surface area contributed by atoms with Crippen LogP contribution in [0.25, 0.3) is 0 Å². The van der Waals surface area contributed by atoms with Crippen molar-refractivity contribution in [1.82, 2.24) is 5.06 Å². The van der Waals surface area contributed by atoms with Gasteiger partial charge >= 0.3 is 0 Å². The fourth-order valence-electron chi connectivity index (χ4n) is 2.26. The average Bonchev–Trinajstić information content (AvgIpc) is 2.51. The number of hydrogen-bond acceptors (Lipinski definition) is 3. The van der Waals surface area contributed by atoms with Crippen LogP contribution in [0.2, 0.25) is 0 Å². The van der Waals surface area contributed by atoms with E-state index < -0.39 is 0 Å². The Morgan fingerprint density at radius 2 is 1.91 bits per heavy atom. The number of alkyl halides is 1. The van der Waals surface area contributed by atoms with E-state index in [9.17, 15) is 9.59 Å².